The van der Waals surface area contributed by atoms with Gasteiger partial charge in [-0.15, -0.1) is 6.42 Å². The minimum absolute atomic E-state index is 0.216. The lowest BCUT2D eigenvalue weighted by Crippen LogP contribution is -2.21. The van der Waals surface area contributed by atoms with E-state index in [2.05, 4.69) is 23.4 Å². The maximum Gasteiger partial charge on any atom is 0.162 e. The van der Waals surface area contributed by atoms with Crippen LogP contribution in [0.4, 0.5) is 0 Å². The lowest BCUT2D eigenvalue weighted by atomic mass is 10.1. The number of ether oxygens (including phenoxy) is 3. The molecule has 0 bridgehead atoms. The van der Waals surface area contributed by atoms with Gasteiger partial charge in [-0.3, -0.25) is 0 Å². The van der Waals surface area contributed by atoms with Crippen LogP contribution in [0.25, 0.3) is 6.08 Å². The summed E-state index contributed by atoms with van der Waals surface area (Å²) in [6.07, 6.45) is 10.9. The van der Waals surface area contributed by atoms with Gasteiger partial charge < -0.3 is 19.5 Å². The SMILES string of the molecule is C#CCOc1ccc(CCC(=S)NCC=Cc2ccc(OC)cc2)cc1OC. The van der Waals surface area contributed by atoms with Gasteiger partial charge in [0.05, 0.1) is 19.2 Å². The average molecular weight is 396 g/mol. The Balaban J connectivity index is 1.77. The summed E-state index contributed by atoms with van der Waals surface area (Å²) in [6.45, 7) is 0.904. The van der Waals surface area contributed by atoms with Gasteiger partial charge in [-0.05, 0) is 41.8 Å². The van der Waals surface area contributed by atoms with Crippen molar-refractivity contribution in [2.24, 2.45) is 0 Å². The highest BCUT2D eigenvalue weighted by molar-refractivity contribution is 7.80. The molecule has 4 nitrogen and oxygen atoms in total. The van der Waals surface area contributed by atoms with Gasteiger partial charge in [-0.2, -0.15) is 0 Å². The minimum Gasteiger partial charge on any atom is -0.497 e. The van der Waals surface area contributed by atoms with Gasteiger partial charge in [0.25, 0.3) is 0 Å². The van der Waals surface area contributed by atoms with Crippen molar-refractivity contribution in [3.63, 3.8) is 0 Å². The van der Waals surface area contributed by atoms with E-state index in [9.17, 15) is 0 Å². The normalized spacial score (nSPS) is 10.3. The molecule has 0 unspecified atom stereocenters. The van der Waals surface area contributed by atoms with Crippen molar-refractivity contribution < 1.29 is 14.2 Å². The van der Waals surface area contributed by atoms with Gasteiger partial charge in [0, 0.05) is 13.0 Å². The summed E-state index contributed by atoms with van der Waals surface area (Å²) in [5.74, 6) is 4.62. The molecule has 0 heterocycles. The number of benzene rings is 2. The molecule has 28 heavy (non-hydrogen) atoms. The van der Waals surface area contributed by atoms with Gasteiger partial charge in [-0.25, -0.2) is 0 Å². The Morgan fingerprint density at radius 3 is 2.57 bits per heavy atom. The van der Waals surface area contributed by atoms with Gasteiger partial charge in [0.2, 0.25) is 0 Å². The number of nitrogens with one attached hydrogen (secondary N) is 1. The molecule has 2 aromatic carbocycles. The fourth-order valence-corrected chi connectivity index (χ4v) is 2.72. The first-order valence-electron chi connectivity index (χ1n) is 8.96. The maximum absolute atomic E-state index is 5.46. The van der Waals surface area contributed by atoms with Gasteiger partial charge >= 0.3 is 0 Å². The third-order valence-electron chi connectivity index (χ3n) is 4.02. The number of hydrogen-bond donors (Lipinski definition) is 1. The Kier molecular flexibility index (Phi) is 8.90. The highest BCUT2D eigenvalue weighted by Gasteiger charge is 2.06. The molecule has 0 saturated heterocycles. The van der Waals surface area contributed by atoms with E-state index < -0.39 is 0 Å². The van der Waals surface area contributed by atoms with Crippen LogP contribution in [0.1, 0.15) is 17.5 Å². The maximum atomic E-state index is 5.46. The van der Waals surface area contributed by atoms with Crippen molar-refractivity contribution in [1.82, 2.24) is 5.32 Å². The summed E-state index contributed by atoms with van der Waals surface area (Å²) in [6, 6.07) is 13.7. The predicted octanol–water partition coefficient (Wildman–Crippen LogP) is 4.28. The zero-order chi connectivity index (χ0) is 20.2. The van der Waals surface area contributed by atoms with Crippen LogP contribution in [-0.4, -0.2) is 32.4 Å². The summed E-state index contributed by atoms with van der Waals surface area (Å²) < 4.78 is 16.0. The van der Waals surface area contributed by atoms with Crippen molar-refractivity contribution in [2.75, 3.05) is 27.4 Å². The summed E-state index contributed by atoms with van der Waals surface area (Å²) in [4.78, 5) is 0.825. The molecule has 0 radical (unpaired) electrons. The van der Waals surface area contributed by atoms with Crippen LogP contribution in [0.3, 0.4) is 0 Å². The van der Waals surface area contributed by atoms with Crippen molar-refractivity contribution in [3.8, 4) is 29.6 Å². The second kappa shape index (κ2) is 11.7. The third kappa shape index (κ3) is 6.98. The lowest BCUT2D eigenvalue weighted by molar-refractivity contribution is 0.330. The van der Waals surface area contributed by atoms with E-state index in [0.717, 1.165) is 34.7 Å². The molecule has 1 N–H and O–H groups in total. The van der Waals surface area contributed by atoms with Crippen molar-refractivity contribution in [2.45, 2.75) is 12.8 Å². The van der Waals surface area contributed by atoms with Gasteiger partial charge in [-0.1, -0.05) is 48.5 Å². The topological polar surface area (TPSA) is 39.7 Å². The molecule has 0 aliphatic carbocycles. The van der Waals surface area contributed by atoms with Crippen molar-refractivity contribution in [3.05, 3.63) is 59.7 Å². The molecule has 2 rings (SSSR count). The van der Waals surface area contributed by atoms with Crippen LogP contribution in [0.2, 0.25) is 0 Å². The molecule has 0 aliphatic rings. The molecule has 0 aliphatic heterocycles. The largest absolute Gasteiger partial charge is 0.497 e. The number of hydrogen-bond acceptors (Lipinski definition) is 4. The highest BCUT2D eigenvalue weighted by Crippen LogP contribution is 2.28. The smallest absolute Gasteiger partial charge is 0.162 e. The molecular weight excluding hydrogens is 370 g/mol. The number of rotatable bonds is 10. The minimum atomic E-state index is 0.216. The fraction of sp³-hybridized carbons (Fsp3) is 0.261. The van der Waals surface area contributed by atoms with Crippen LogP contribution in [0, 0.1) is 12.3 Å². The Morgan fingerprint density at radius 1 is 1.11 bits per heavy atom. The van der Waals surface area contributed by atoms with Crippen LogP contribution < -0.4 is 19.5 Å². The summed E-state index contributed by atoms with van der Waals surface area (Å²) in [5, 5.41) is 3.26. The standard InChI is InChI=1S/C23H25NO3S/c1-4-16-27-21-13-9-19(17-22(21)26-3)10-14-23(28)24-15-5-6-18-7-11-20(25-2)12-8-18/h1,5-9,11-13,17H,10,14-16H2,2-3H3,(H,24,28). The molecule has 5 heteroatoms. The first-order chi connectivity index (χ1) is 13.7. The summed E-state index contributed by atoms with van der Waals surface area (Å²) >= 11 is 5.42. The summed E-state index contributed by atoms with van der Waals surface area (Å²) in [5.41, 5.74) is 2.25. The Bertz CT molecular complexity index is 838. The zero-order valence-electron chi connectivity index (χ0n) is 16.2. The average Bonchev–Trinajstić information content (AvgIpc) is 2.74. The molecule has 0 fully saturated rings. The summed E-state index contributed by atoms with van der Waals surface area (Å²) in [7, 11) is 3.27. The van der Waals surface area contributed by atoms with Crippen molar-refractivity contribution >= 4 is 23.3 Å². The number of thiocarbonyl (C=S) groups is 1. The monoisotopic (exact) mass is 395 g/mol. The molecule has 0 saturated carbocycles. The Labute approximate surface area is 172 Å². The van der Waals surface area contributed by atoms with Crippen LogP contribution >= 0.6 is 12.2 Å². The van der Waals surface area contributed by atoms with Crippen LogP contribution in [0.5, 0.6) is 17.2 Å². The zero-order valence-corrected chi connectivity index (χ0v) is 17.1. The van der Waals surface area contributed by atoms with Gasteiger partial charge in [0.1, 0.15) is 12.4 Å². The molecular formula is C23H25NO3S. The first-order valence-corrected chi connectivity index (χ1v) is 9.37. The molecule has 2 aromatic rings. The van der Waals surface area contributed by atoms with Crippen molar-refractivity contribution in [1.29, 1.82) is 0 Å². The molecule has 0 amide bonds. The predicted molar refractivity (Wildman–Crippen MR) is 118 cm³/mol. The second-order valence-corrected chi connectivity index (χ2v) is 6.45. The number of terminal acetylenes is 1. The quantitative estimate of drug-likeness (QED) is 0.480. The Hall–Kier alpha value is -2.97. The van der Waals surface area contributed by atoms with E-state index in [4.69, 9.17) is 32.9 Å². The second-order valence-electron chi connectivity index (χ2n) is 5.96. The lowest BCUT2D eigenvalue weighted by Gasteiger charge is -2.11. The number of aryl methyl sites for hydroxylation is 1. The van der Waals surface area contributed by atoms with Crippen LogP contribution in [0.15, 0.2) is 48.5 Å². The number of methoxy groups -OCH3 is 2. The van der Waals surface area contributed by atoms with E-state index in [1.165, 1.54) is 0 Å². The highest BCUT2D eigenvalue weighted by atomic mass is 32.1. The fourth-order valence-electron chi connectivity index (χ4n) is 2.54. The van der Waals surface area contributed by atoms with E-state index in [1.54, 1.807) is 14.2 Å². The van der Waals surface area contributed by atoms with E-state index in [-0.39, 0.29) is 6.61 Å². The van der Waals surface area contributed by atoms with Crippen LogP contribution in [-0.2, 0) is 6.42 Å². The molecule has 146 valence electrons. The Morgan fingerprint density at radius 2 is 1.89 bits per heavy atom. The third-order valence-corrected chi connectivity index (χ3v) is 4.37. The van der Waals surface area contributed by atoms with E-state index in [1.807, 2.05) is 42.5 Å². The first kappa shape index (κ1) is 21.3. The molecule has 0 aromatic heterocycles. The molecule has 0 spiro atoms. The van der Waals surface area contributed by atoms with Gasteiger partial charge in [0.15, 0.2) is 11.5 Å². The van der Waals surface area contributed by atoms with E-state index in [0.29, 0.717) is 18.0 Å². The molecule has 0 atom stereocenters. The van der Waals surface area contributed by atoms with E-state index >= 15 is 0 Å².